The van der Waals surface area contributed by atoms with Gasteiger partial charge in [-0.15, -0.1) is 0 Å². The van der Waals surface area contributed by atoms with Crippen LogP contribution in [0.5, 0.6) is 0 Å². The summed E-state index contributed by atoms with van der Waals surface area (Å²) in [6.45, 7) is 7.08. The molecule has 0 N–H and O–H groups in total. The van der Waals surface area contributed by atoms with Gasteiger partial charge in [0.25, 0.3) is 0 Å². The van der Waals surface area contributed by atoms with Crippen molar-refractivity contribution in [2.45, 2.75) is 19.9 Å². The van der Waals surface area contributed by atoms with Crippen LogP contribution in [0.4, 0.5) is 5.13 Å². The number of piperazine rings is 1. The Balaban J connectivity index is 1.56. The molecule has 0 amide bonds. The monoisotopic (exact) mass is 322 g/mol. The molecule has 6 heteroatoms. The summed E-state index contributed by atoms with van der Waals surface area (Å²) in [6.07, 6.45) is 0.906. The van der Waals surface area contributed by atoms with Crippen LogP contribution in [0.1, 0.15) is 18.3 Å². The molecular formula is C15H19ClN4S. The van der Waals surface area contributed by atoms with Crippen LogP contribution in [0.2, 0.25) is 5.02 Å². The maximum absolute atomic E-state index is 6.23. The van der Waals surface area contributed by atoms with Gasteiger partial charge in [-0.1, -0.05) is 36.7 Å². The van der Waals surface area contributed by atoms with Gasteiger partial charge in [-0.25, -0.2) is 4.98 Å². The minimum Gasteiger partial charge on any atom is -0.344 e. The highest BCUT2D eigenvalue weighted by Crippen LogP contribution is 2.21. The van der Waals surface area contributed by atoms with Crippen LogP contribution in [0.25, 0.3) is 0 Å². The van der Waals surface area contributed by atoms with Crippen molar-refractivity contribution in [2.24, 2.45) is 0 Å². The molecule has 0 spiro atoms. The van der Waals surface area contributed by atoms with E-state index in [1.165, 1.54) is 17.1 Å². The van der Waals surface area contributed by atoms with E-state index in [0.29, 0.717) is 0 Å². The van der Waals surface area contributed by atoms with Gasteiger partial charge in [0.05, 0.1) is 0 Å². The molecule has 0 saturated carbocycles. The van der Waals surface area contributed by atoms with Crippen molar-refractivity contribution in [3.8, 4) is 0 Å². The fourth-order valence-corrected chi connectivity index (χ4v) is 3.48. The summed E-state index contributed by atoms with van der Waals surface area (Å²) in [5.74, 6) is 0.952. The highest BCUT2D eigenvalue weighted by molar-refractivity contribution is 7.09. The van der Waals surface area contributed by atoms with Gasteiger partial charge >= 0.3 is 0 Å². The third kappa shape index (κ3) is 3.54. The summed E-state index contributed by atoms with van der Waals surface area (Å²) < 4.78 is 4.37. The third-order valence-electron chi connectivity index (χ3n) is 3.77. The van der Waals surface area contributed by atoms with Crippen LogP contribution in [-0.2, 0) is 13.0 Å². The minimum atomic E-state index is 0.858. The minimum absolute atomic E-state index is 0.858. The second-order valence-electron chi connectivity index (χ2n) is 5.20. The first-order valence-corrected chi connectivity index (χ1v) is 8.44. The number of aryl methyl sites for hydroxylation is 1. The van der Waals surface area contributed by atoms with Gasteiger partial charge in [0.15, 0.2) is 0 Å². The second kappa shape index (κ2) is 6.73. The van der Waals surface area contributed by atoms with Gasteiger partial charge in [0.2, 0.25) is 5.13 Å². The van der Waals surface area contributed by atoms with Crippen molar-refractivity contribution in [3.05, 3.63) is 40.7 Å². The fraction of sp³-hybridized carbons (Fsp3) is 0.467. The number of anilines is 1. The second-order valence-corrected chi connectivity index (χ2v) is 6.34. The molecule has 3 rings (SSSR count). The van der Waals surface area contributed by atoms with E-state index < -0.39 is 0 Å². The molecule has 1 aliphatic heterocycles. The predicted octanol–water partition coefficient (Wildman–Crippen LogP) is 3.08. The first-order chi connectivity index (χ1) is 10.3. The first-order valence-electron chi connectivity index (χ1n) is 7.29. The predicted molar refractivity (Wildman–Crippen MR) is 88.2 cm³/mol. The Morgan fingerprint density at radius 1 is 1.19 bits per heavy atom. The molecule has 1 aliphatic rings. The smallest absolute Gasteiger partial charge is 0.205 e. The van der Waals surface area contributed by atoms with Gasteiger partial charge in [0, 0.05) is 55.7 Å². The lowest BCUT2D eigenvalue weighted by Gasteiger charge is -2.34. The average molecular weight is 323 g/mol. The molecule has 21 heavy (non-hydrogen) atoms. The topological polar surface area (TPSA) is 32.3 Å². The zero-order valence-electron chi connectivity index (χ0n) is 12.1. The highest BCUT2D eigenvalue weighted by Gasteiger charge is 2.20. The molecule has 0 unspecified atom stereocenters. The summed E-state index contributed by atoms with van der Waals surface area (Å²) >= 11 is 7.75. The van der Waals surface area contributed by atoms with E-state index in [9.17, 15) is 0 Å². The van der Waals surface area contributed by atoms with Crippen molar-refractivity contribution >= 4 is 28.3 Å². The lowest BCUT2D eigenvalue weighted by molar-refractivity contribution is 0.250. The van der Waals surface area contributed by atoms with Gasteiger partial charge in [-0.2, -0.15) is 4.37 Å². The van der Waals surface area contributed by atoms with Gasteiger partial charge in [-0.3, -0.25) is 4.90 Å². The van der Waals surface area contributed by atoms with Crippen LogP contribution in [0.3, 0.4) is 0 Å². The van der Waals surface area contributed by atoms with Crippen LogP contribution in [0.15, 0.2) is 24.3 Å². The number of aromatic nitrogens is 2. The molecule has 0 aliphatic carbocycles. The van der Waals surface area contributed by atoms with E-state index in [-0.39, 0.29) is 0 Å². The van der Waals surface area contributed by atoms with E-state index in [1.807, 2.05) is 18.2 Å². The van der Waals surface area contributed by atoms with Crippen molar-refractivity contribution in [3.63, 3.8) is 0 Å². The molecule has 0 radical (unpaired) electrons. The van der Waals surface area contributed by atoms with Crippen LogP contribution < -0.4 is 4.90 Å². The normalized spacial score (nSPS) is 16.4. The van der Waals surface area contributed by atoms with Crippen molar-refractivity contribution < 1.29 is 0 Å². The lowest BCUT2D eigenvalue weighted by atomic mass is 10.2. The number of hydrogen-bond donors (Lipinski definition) is 0. The molecule has 112 valence electrons. The first kappa shape index (κ1) is 14.8. The van der Waals surface area contributed by atoms with E-state index >= 15 is 0 Å². The summed E-state index contributed by atoms with van der Waals surface area (Å²) in [7, 11) is 0. The number of nitrogens with zero attached hydrogens (tertiary/aromatic N) is 4. The summed E-state index contributed by atoms with van der Waals surface area (Å²) in [5.41, 5.74) is 1.21. The molecule has 1 fully saturated rings. The van der Waals surface area contributed by atoms with Crippen LogP contribution >= 0.6 is 23.1 Å². The van der Waals surface area contributed by atoms with Crippen molar-refractivity contribution in [2.75, 3.05) is 31.1 Å². The van der Waals surface area contributed by atoms with Crippen LogP contribution in [0, 0.1) is 0 Å². The Morgan fingerprint density at radius 3 is 2.62 bits per heavy atom. The Kier molecular flexibility index (Phi) is 4.73. The third-order valence-corrected chi connectivity index (χ3v) is 4.95. The lowest BCUT2D eigenvalue weighted by Crippen LogP contribution is -2.46. The molecule has 0 atom stereocenters. The average Bonchev–Trinajstić information content (AvgIpc) is 2.99. The van der Waals surface area contributed by atoms with E-state index in [0.717, 1.165) is 55.1 Å². The number of benzene rings is 1. The van der Waals surface area contributed by atoms with E-state index in [4.69, 9.17) is 11.6 Å². The Hall–Kier alpha value is -1.17. The Morgan fingerprint density at radius 2 is 1.95 bits per heavy atom. The number of halogens is 1. The molecule has 1 aromatic carbocycles. The summed E-state index contributed by atoms with van der Waals surface area (Å²) in [6, 6.07) is 8.09. The number of hydrogen-bond acceptors (Lipinski definition) is 5. The van der Waals surface area contributed by atoms with Crippen molar-refractivity contribution in [1.82, 2.24) is 14.3 Å². The molecule has 1 aromatic heterocycles. The number of rotatable bonds is 4. The Labute approximate surface area is 134 Å². The molecule has 4 nitrogen and oxygen atoms in total. The quantitative estimate of drug-likeness (QED) is 0.866. The SMILES string of the molecule is CCc1nsc(N2CCN(Cc3ccccc3Cl)CC2)n1. The van der Waals surface area contributed by atoms with Gasteiger partial charge in [-0.05, 0) is 11.6 Å². The molecule has 2 heterocycles. The maximum atomic E-state index is 6.23. The zero-order valence-corrected chi connectivity index (χ0v) is 13.7. The highest BCUT2D eigenvalue weighted by atomic mass is 35.5. The summed E-state index contributed by atoms with van der Waals surface area (Å²) in [4.78, 5) is 9.35. The zero-order chi connectivity index (χ0) is 14.7. The van der Waals surface area contributed by atoms with Crippen molar-refractivity contribution in [1.29, 1.82) is 0 Å². The molecule has 2 aromatic rings. The Bertz CT molecular complexity index is 593. The summed E-state index contributed by atoms with van der Waals surface area (Å²) in [5, 5.41) is 1.92. The molecule has 1 saturated heterocycles. The van der Waals surface area contributed by atoms with E-state index in [1.54, 1.807) is 0 Å². The standard InChI is InChI=1S/C15H19ClN4S/c1-2-14-17-15(21-18-14)20-9-7-19(8-10-20)11-12-5-3-4-6-13(12)16/h3-6H,2,7-11H2,1H3. The van der Waals surface area contributed by atoms with Gasteiger partial charge < -0.3 is 4.90 Å². The maximum Gasteiger partial charge on any atom is 0.205 e. The molecular weight excluding hydrogens is 304 g/mol. The van der Waals surface area contributed by atoms with Crippen LogP contribution in [-0.4, -0.2) is 40.4 Å². The molecule has 0 bridgehead atoms. The largest absolute Gasteiger partial charge is 0.344 e. The fourth-order valence-electron chi connectivity index (χ4n) is 2.48. The van der Waals surface area contributed by atoms with Gasteiger partial charge in [0.1, 0.15) is 5.82 Å². The van der Waals surface area contributed by atoms with E-state index in [2.05, 4.69) is 32.1 Å².